The molecule has 0 radical (unpaired) electrons. The van der Waals surface area contributed by atoms with E-state index in [4.69, 9.17) is 0 Å². The van der Waals surface area contributed by atoms with Crippen molar-refractivity contribution in [3.05, 3.63) is 45.7 Å². The minimum absolute atomic E-state index is 0.131. The SMILES string of the molecule is CC(C)n1ccc(NC(=O)c2ccccc2I)n1. The van der Waals surface area contributed by atoms with Crippen molar-refractivity contribution >= 4 is 34.3 Å². The Morgan fingerprint density at radius 1 is 1.33 bits per heavy atom. The van der Waals surface area contributed by atoms with Crippen molar-refractivity contribution in [3.8, 4) is 0 Å². The van der Waals surface area contributed by atoms with Gasteiger partial charge in [-0.05, 0) is 48.6 Å². The van der Waals surface area contributed by atoms with Gasteiger partial charge in [-0.1, -0.05) is 12.1 Å². The summed E-state index contributed by atoms with van der Waals surface area (Å²) >= 11 is 2.15. The largest absolute Gasteiger partial charge is 0.305 e. The topological polar surface area (TPSA) is 46.9 Å². The van der Waals surface area contributed by atoms with E-state index in [-0.39, 0.29) is 11.9 Å². The third-order valence-electron chi connectivity index (χ3n) is 2.50. The number of anilines is 1. The Bertz CT molecular complexity index is 563. The first kappa shape index (κ1) is 13.1. The smallest absolute Gasteiger partial charge is 0.257 e. The average Bonchev–Trinajstić information content (AvgIpc) is 2.78. The van der Waals surface area contributed by atoms with Gasteiger partial charge in [0.2, 0.25) is 0 Å². The summed E-state index contributed by atoms with van der Waals surface area (Å²) in [6.45, 7) is 4.08. The number of amides is 1. The molecule has 1 amide bonds. The number of benzene rings is 1. The second kappa shape index (κ2) is 5.51. The van der Waals surface area contributed by atoms with Crippen LogP contribution in [-0.2, 0) is 0 Å². The molecule has 0 aliphatic heterocycles. The fourth-order valence-corrected chi connectivity index (χ4v) is 2.15. The molecule has 1 heterocycles. The predicted octanol–water partition coefficient (Wildman–Crippen LogP) is 3.32. The number of halogens is 1. The van der Waals surface area contributed by atoms with Crippen LogP contribution in [0.3, 0.4) is 0 Å². The number of hydrogen-bond acceptors (Lipinski definition) is 2. The van der Waals surface area contributed by atoms with Gasteiger partial charge in [0.25, 0.3) is 5.91 Å². The lowest BCUT2D eigenvalue weighted by molar-refractivity contribution is 0.102. The molecule has 1 N–H and O–H groups in total. The molecule has 0 saturated carbocycles. The summed E-state index contributed by atoms with van der Waals surface area (Å²) < 4.78 is 2.74. The van der Waals surface area contributed by atoms with Crippen molar-refractivity contribution in [3.63, 3.8) is 0 Å². The number of rotatable bonds is 3. The molecule has 5 heteroatoms. The van der Waals surface area contributed by atoms with Crippen LogP contribution in [0.15, 0.2) is 36.5 Å². The van der Waals surface area contributed by atoms with E-state index in [0.717, 1.165) is 3.57 Å². The number of nitrogens with zero attached hydrogens (tertiary/aromatic N) is 2. The van der Waals surface area contributed by atoms with E-state index in [1.807, 2.05) is 42.9 Å². The van der Waals surface area contributed by atoms with Crippen LogP contribution in [0.2, 0.25) is 0 Å². The minimum Gasteiger partial charge on any atom is -0.305 e. The van der Waals surface area contributed by atoms with Gasteiger partial charge >= 0.3 is 0 Å². The molecular weight excluding hydrogens is 341 g/mol. The van der Waals surface area contributed by atoms with Gasteiger partial charge in [0, 0.05) is 21.9 Å². The lowest BCUT2D eigenvalue weighted by atomic mass is 10.2. The fraction of sp³-hybridized carbons (Fsp3) is 0.231. The number of carbonyl (C=O) groups excluding carboxylic acids is 1. The van der Waals surface area contributed by atoms with E-state index in [9.17, 15) is 4.79 Å². The highest BCUT2D eigenvalue weighted by Gasteiger charge is 2.11. The van der Waals surface area contributed by atoms with Crippen LogP contribution in [0.1, 0.15) is 30.2 Å². The molecule has 0 saturated heterocycles. The van der Waals surface area contributed by atoms with Crippen LogP contribution >= 0.6 is 22.6 Å². The normalized spacial score (nSPS) is 10.7. The van der Waals surface area contributed by atoms with Crippen LogP contribution < -0.4 is 5.32 Å². The molecule has 0 unspecified atom stereocenters. The van der Waals surface area contributed by atoms with E-state index >= 15 is 0 Å². The molecule has 94 valence electrons. The molecule has 18 heavy (non-hydrogen) atoms. The molecule has 0 bridgehead atoms. The lowest BCUT2D eigenvalue weighted by Gasteiger charge is -2.05. The Labute approximate surface area is 120 Å². The standard InChI is InChI=1S/C13H14IN3O/c1-9(2)17-8-7-12(16-17)15-13(18)10-5-3-4-6-11(10)14/h3-9H,1-2H3,(H,15,16,18). The van der Waals surface area contributed by atoms with E-state index < -0.39 is 0 Å². The summed E-state index contributed by atoms with van der Waals surface area (Å²) in [6.07, 6.45) is 1.86. The summed E-state index contributed by atoms with van der Waals surface area (Å²) in [5, 5.41) is 7.09. The van der Waals surface area contributed by atoms with Crippen LogP contribution in [0.25, 0.3) is 0 Å². The van der Waals surface area contributed by atoms with Gasteiger partial charge in [-0.15, -0.1) is 0 Å². The minimum atomic E-state index is -0.131. The molecule has 2 aromatic rings. The molecule has 0 fully saturated rings. The maximum absolute atomic E-state index is 12.0. The zero-order valence-electron chi connectivity index (χ0n) is 10.2. The van der Waals surface area contributed by atoms with E-state index in [1.54, 1.807) is 12.1 Å². The highest BCUT2D eigenvalue weighted by atomic mass is 127. The van der Waals surface area contributed by atoms with Crippen molar-refractivity contribution in [2.45, 2.75) is 19.9 Å². The molecule has 0 atom stereocenters. The zero-order chi connectivity index (χ0) is 13.1. The average molecular weight is 355 g/mol. The first-order chi connectivity index (χ1) is 8.58. The van der Waals surface area contributed by atoms with Crippen LogP contribution in [0, 0.1) is 3.57 Å². The third-order valence-corrected chi connectivity index (χ3v) is 3.44. The summed E-state index contributed by atoms with van der Waals surface area (Å²) in [5.41, 5.74) is 0.664. The van der Waals surface area contributed by atoms with E-state index in [0.29, 0.717) is 11.4 Å². The van der Waals surface area contributed by atoms with Crippen molar-refractivity contribution < 1.29 is 4.79 Å². The number of aromatic nitrogens is 2. The number of nitrogens with one attached hydrogen (secondary N) is 1. The monoisotopic (exact) mass is 355 g/mol. The van der Waals surface area contributed by atoms with Crippen LogP contribution in [0.4, 0.5) is 5.82 Å². The summed E-state index contributed by atoms with van der Waals surface area (Å²) in [6, 6.07) is 9.55. The summed E-state index contributed by atoms with van der Waals surface area (Å²) in [5.74, 6) is 0.447. The first-order valence-electron chi connectivity index (χ1n) is 5.69. The maximum Gasteiger partial charge on any atom is 0.257 e. The van der Waals surface area contributed by atoms with Gasteiger partial charge in [0.15, 0.2) is 5.82 Å². The Balaban J connectivity index is 2.14. The third kappa shape index (κ3) is 2.90. The maximum atomic E-state index is 12.0. The van der Waals surface area contributed by atoms with Gasteiger partial charge in [-0.25, -0.2) is 0 Å². The Morgan fingerprint density at radius 2 is 2.06 bits per heavy atom. The predicted molar refractivity (Wildman–Crippen MR) is 79.7 cm³/mol. The fourth-order valence-electron chi connectivity index (χ4n) is 1.52. The highest BCUT2D eigenvalue weighted by molar-refractivity contribution is 14.1. The van der Waals surface area contributed by atoms with Crippen LogP contribution in [-0.4, -0.2) is 15.7 Å². The second-order valence-electron chi connectivity index (χ2n) is 4.21. The van der Waals surface area contributed by atoms with Crippen molar-refractivity contribution in [2.24, 2.45) is 0 Å². The van der Waals surface area contributed by atoms with Gasteiger partial charge in [0.05, 0.1) is 5.56 Å². The van der Waals surface area contributed by atoms with E-state index in [1.165, 1.54) is 0 Å². The Morgan fingerprint density at radius 3 is 2.67 bits per heavy atom. The Hall–Kier alpha value is -1.37. The summed E-state index contributed by atoms with van der Waals surface area (Å²) in [7, 11) is 0. The molecule has 0 spiro atoms. The van der Waals surface area contributed by atoms with Crippen molar-refractivity contribution in [1.29, 1.82) is 0 Å². The molecule has 4 nitrogen and oxygen atoms in total. The quantitative estimate of drug-likeness (QED) is 0.859. The van der Waals surface area contributed by atoms with Gasteiger partial charge in [0.1, 0.15) is 0 Å². The lowest BCUT2D eigenvalue weighted by Crippen LogP contribution is -2.14. The van der Waals surface area contributed by atoms with Gasteiger partial charge in [-0.3, -0.25) is 9.48 Å². The zero-order valence-corrected chi connectivity index (χ0v) is 12.4. The van der Waals surface area contributed by atoms with Gasteiger partial charge < -0.3 is 5.32 Å². The second-order valence-corrected chi connectivity index (χ2v) is 5.37. The molecule has 1 aromatic carbocycles. The molecule has 0 aliphatic carbocycles. The number of carbonyl (C=O) groups is 1. The molecule has 2 rings (SSSR count). The van der Waals surface area contributed by atoms with Crippen molar-refractivity contribution in [2.75, 3.05) is 5.32 Å². The van der Waals surface area contributed by atoms with Crippen LogP contribution in [0.5, 0.6) is 0 Å². The molecule has 1 aromatic heterocycles. The summed E-state index contributed by atoms with van der Waals surface area (Å²) in [4.78, 5) is 12.0. The van der Waals surface area contributed by atoms with Crippen molar-refractivity contribution in [1.82, 2.24) is 9.78 Å². The Kier molecular flexibility index (Phi) is 4.00. The number of hydrogen-bond donors (Lipinski definition) is 1. The molecular formula is C13H14IN3O. The highest BCUT2D eigenvalue weighted by Crippen LogP contribution is 2.14. The first-order valence-corrected chi connectivity index (χ1v) is 6.77. The molecule has 0 aliphatic rings. The van der Waals surface area contributed by atoms with Gasteiger partial charge in [-0.2, -0.15) is 5.10 Å². The van der Waals surface area contributed by atoms with E-state index in [2.05, 4.69) is 33.0 Å².